The molecular weight excluding hydrogens is 364 g/mol. The van der Waals surface area contributed by atoms with Gasteiger partial charge in [-0.05, 0) is 63.0 Å². The van der Waals surface area contributed by atoms with Crippen molar-refractivity contribution in [1.82, 2.24) is 9.80 Å². The van der Waals surface area contributed by atoms with Crippen molar-refractivity contribution in [3.63, 3.8) is 0 Å². The molecule has 0 unspecified atom stereocenters. The van der Waals surface area contributed by atoms with Crippen molar-refractivity contribution in [3.05, 3.63) is 35.9 Å². The zero-order valence-corrected chi connectivity index (χ0v) is 17.6. The number of likely N-dealkylation sites (tertiary alicyclic amines) is 2. The van der Waals surface area contributed by atoms with E-state index in [0.29, 0.717) is 11.3 Å². The Balaban J connectivity index is 1.37. The van der Waals surface area contributed by atoms with Gasteiger partial charge in [0.25, 0.3) is 5.91 Å². The van der Waals surface area contributed by atoms with Gasteiger partial charge in [0.15, 0.2) is 0 Å². The maximum Gasteiger partial charge on any atom is 0.257 e. The molecule has 158 valence electrons. The lowest BCUT2D eigenvalue weighted by molar-refractivity contribution is 0.0756. The summed E-state index contributed by atoms with van der Waals surface area (Å²) in [6.45, 7) is 5.04. The highest BCUT2D eigenvalue weighted by Crippen LogP contribution is 2.30. The fraction of sp³-hybridized carbons (Fsp3) is 0.625. The molecule has 2 saturated heterocycles. The van der Waals surface area contributed by atoms with Gasteiger partial charge < -0.3 is 19.3 Å². The van der Waals surface area contributed by atoms with Gasteiger partial charge in [-0.25, -0.2) is 0 Å². The number of amides is 1. The van der Waals surface area contributed by atoms with E-state index < -0.39 is 0 Å². The monoisotopic (exact) mass is 398 g/mol. The highest BCUT2D eigenvalue weighted by atomic mass is 16.5. The van der Waals surface area contributed by atoms with Crippen LogP contribution in [0.15, 0.2) is 30.4 Å². The van der Waals surface area contributed by atoms with Crippen LogP contribution in [-0.2, 0) is 0 Å². The van der Waals surface area contributed by atoms with Crippen molar-refractivity contribution in [2.75, 3.05) is 39.8 Å². The molecule has 0 saturated carbocycles. The zero-order valence-electron chi connectivity index (χ0n) is 17.6. The number of carbonyl (C=O) groups excluding carboxylic acids is 1. The molecule has 0 spiro atoms. The van der Waals surface area contributed by atoms with Crippen molar-refractivity contribution in [3.8, 4) is 11.5 Å². The predicted octanol–water partition coefficient (Wildman–Crippen LogP) is 4.13. The van der Waals surface area contributed by atoms with E-state index in [-0.39, 0.29) is 12.0 Å². The maximum atomic E-state index is 13.0. The number of allylic oxidation sites excluding steroid dienone is 2. The lowest BCUT2D eigenvalue weighted by atomic mass is 9.93. The van der Waals surface area contributed by atoms with Gasteiger partial charge in [-0.15, -0.1) is 0 Å². The molecule has 0 N–H and O–H groups in total. The van der Waals surface area contributed by atoms with Gasteiger partial charge >= 0.3 is 0 Å². The minimum Gasteiger partial charge on any atom is -0.497 e. The van der Waals surface area contributed by atoms with Crippen molar-refractivity contribution in [1.29, 1.82) is 0 Å². The van der Waals surface area contributed by atoms with E-state index in [2.05, 4.69) is 17.1 Å². The third-order valence-electron chi connectivity index (χ3n) is 6.53. The van der Waals surface area contributed by atoms with E-state index in [1.807, 2.05) is 23.1 Å². The quantitative estimate of drug-likeness (QED) is 0.676. The molecule has 2 aliphatic heterocycles. The number of hydrogen-bond donors (Lipinski definition) is 0. The van der Waals surface area contributed by atoms with Crippen LogP contribution in [0.4, 0.5) is 0 Å². The minimum absolute atomic E-state index is 0.0861. The van der Waals surface area contributed by atoms with E-state index in [1.54, 1.807) is 7.11 Å². The highest BCUT2D eigenvalue weighted by molar-refractivity contribution is 5.97. The standard InChI is InChI=1S/C24H34N2O3/c1-28-21-9-10-22(24(27)26-13-5-6-14-26)23(17-21)29-20-11-15-25(16-12-20)18-19-7-3-2-4-8-19/h2-3,9-10,17,19-20H,4-8,11-16,18H2,1H3/t19-/m1/s1. The van der Waals surface area contributed by atoms with Gasteiger partial charge in [0.1, 0.15) is 17.6 Å². The normalized spacial score (nSPS) is 23.3. The second kappa shape index (κ2) is 9.66. The summed E-state index contributed by atoms with van der Waals surface area (Å²) in [5, 5.41) is 0. The van der Waals surface area contributed by atoms with Gasteiger partial charge in [-0.1, -0.05) is 12.2 Å². The number of rotatable bonds is 6. The molecule has 1 aromatic carbocycles. The van der Waals surface area contributed by atoms with Crippen LogP contribution < -0.4 is 9.47 Å². The first-order chi connectivity index (χ1) is 14.2. The number of carbonyl (C=O) groups is 1. The van der Waals surface area contributed by atoms with E-state index in [0.717, 1.165) is 63.5 Å². The number of hydrogen-bond acceptors (Lipinski definition) is 4. The van der Waals surface area contributed by atoms with Gasteiger partial charge in [-0.3, -0.25) is 4.79 Å². The summed E-state index contributed by atoms with van der Waals surface area (Å²) in [6.07, 6.45) is 12.8. The van der Waals surface area contributed by atoms with Crippen molar-refractivity contribution in [2.45, 2.75) is 51.0 Å². The summed E-state index contributed by atoms with van der Waals surface area (Å²) in [5.41, 5.74) is 0.670. The number of ether oxygens (including phenoxy) is 2. The van der Waals surface area contributed by atoms with E-state index in [1.165, 1.54) is 25.8 Å². The Morgan fingerprint density at radius 3 is 2.55 bits per heavy atom. The molecule has 5 nitrogen and oxygen atoms in total. The molecular formula is C24H34N2O3. The highest BCUT2D eigenvalue weighted by Gasteiger charge is 2.27. The van der Waals surface area contributed by atoms with Crippen molar-refractivity contribution < 1.29 is 14.3 Å². The Labute approximate surface area is 174 Å². The van der Waals surface area contributed by atoms with Gasteiger partial charge in [0, 0.05) is 38.8 Å². The molecule has 2 heterocycles. The molecule has 5 heteroatoms. The SMILES string of the molecule is COc1ccc(C(=O)N2CCCC2)c(OC2CCN(C[C@@H]3CC=CCC3)CC2)c1. The number of methoxy groups -OCH3 is 1. The molecule has 2 fully saturated rings. The molecule has 3 aliphatic rings. The lowest BCUT2D eigenvalue weighted by Gasteiger charge is -2.35. The molecule has 0 radical (unpaired) electrons. The first kappa shape index (κ1) is 20.3. The first-order valence-electron chi connectivity index (χ1n) is 11.2. The Morgan fingerprint density at radius 2 is 1.86 bits per heavy atom. The number of nitrogens with zero attached hydrogens (tertiary/aromatic N) is 2. The molecule has 1 aromatic rings. The van der Waals surface area contributed by atoms with Crippen LogP contribution in [0, 0.1) is 5.92 Å². The summed E-state index contributed by atoms with van der Waals surface area (Å²) in [6, 6.07) is 5.60. The smallest absolute Gasteiger partial charge is 0.257 e. The van der Waals surface area contributed by atoms with Crippen LogP contribution in [0.1, 0.15) is 55.3 Å². The Hall–Kier alpha value is -2.01. The van der Waals surface area contributed by atoms with Crippen LogP contribution in [0.25, 0.3) is 0 Å². The van der Waals surface area contributed by atoms with Crippen LogP contribution in [0.5, 0.6) is 11.5 Å². The second-order valence-electron chi connectivity index (χ2n) is 8.63. The van der Waals surface area contributed by atoms with E-state index in [9.17, 15) is 4.79 Å². The summed E-state index contributed by atoms with van der Waals surface area (Å²) >= 11 is 0. The van der Waals surface area contributed by atoms with Gasteiger partial charge in [0.2, 0.25) is 0 Å². The van der Waals surface area contributed by atoms with Crippen LogP contribution in [0.2, 0.25) is 0 Å². The summed E-state index contributed by atoms with van der Waals surface area (Å²) in [4.78, 5) is 17.5. The summed E-state index contributed by atoms with van der Waals surface area (Å²) in [7, 11) is 1.65. The van der Waals surface area contributed by atoms with Crippen LogP contribution in [0.3, 0.4) is 0 Å². The summed E-state index contributed by atoms with van der Waals surface area (Å²) in [5.74, 6) is 2.31. The molecule has 4 rings (SSSR count). The number of piperidine rings is 1. The fourth-order valence-corrected chi connectivity index (χ4v) is 4.77. The molecule has 1 atom stereocenters. The average Bonchev–Trinajstić information content (AvgIpc) is 3.30. The second-order valence-corrected chi connectivity index (χ2v) is 8.63. The van der Waals surface area contributed by atoms with E-state index >= 15 is 0 Å². The van der Waals surface area contributed by atoms with E-state index in [4.69, 9.17) is 9.47 Å². The fourth-order valence-electron chi connectivity index (χ4n) is 4.77. The Kier molecular flexibility index (Phi) is 6.75. The predicted molar refractivity (Wildman–Crippen MR) is 115 cm³/mol. The summed E-state index contributed by atoms with van der Waals surface area (Å²) < 4.78 is 11.8. The van der Waals surface area contributed by atoms with Crippen molar-refractivity contribution >= 4 is 5.91 Å². The van der Waals surface area contributed by atoms with Crippen molar-refractivity contribution in [2.24, 2.45) is 5.92 Å². The largest absolute Gasteiger partial charge is 0.497 e. The lowest BCUT2D eigenvalue weighted by Crippen LogP contribution is -2.41. The third-order valence-corrected chi connectivity index (χ3v) is 6.53. The molecule has 0 aromatic heterocycles. The van der Waals surface area contributed by atoms with Gasteiger partial charge in [-0.2, -0.15) is 0 Å². The van der Waals surface area contributed by atoms with Crippen LogP contribution >= 0.6 is 0 Å². The van der Waals surface area contributed by atoms with Crippen LogP contribution in [-0.4, -0.2) is 61.6 Å². The Bertz CT molecular complexity index is 719. The topological polar surface area (TPSA) is 42.0 Å². The Morgan fingerprint density at radius 1 is 1.07 bits per heavy atom. The molecule has 1 amide bonds. The minimum atomic E-state index is 0.0861. The van der Waals surface area contributed by atoms with Gasteiger partial charge in [0.05, 0.1) is 12.7 Å². The average molecular weight is 399 g/mol. The molecule has 0 bridgehead atoms. The third kappa shape index (κ3) is 5.13. The number of benzene rings is 1. The molecule has 29 heavy (non-hydrogen) atoms. The zero-order chi connectivity index (χ0) is 20.1. The first-order valence-corrected chi connectivity index (χ1v) is 11.2. The molecule has 1 aliphatic carbocycles. The maximum absolute atomic E-state index is 13.0.